The fourth-order valence-corrected chi connectivity index (χ4v) is 5.46. The first-order valence-electron chi connectivity index (χ1n) is 15.0. The molecule has 1 aliphatic carbocycles. The number of nitrogens with zero attached hydrogens (tertiary/aromatic N) is 2. The van der Waals surface area contributed by atoms with Crippen molar-refractivity contribution in [2.75, 3.05) is 44.9 Å². The van der Waals surface area contributed by atoms with Crippen LogP contribution in [0.25, 0.3) is 0 Å². The standard InChI is InChI=1S/C34H40ClN3O5/c1-41-19-16-25-8-15-31(35)27(20-25)23-37(28-9-10-28)34(40)32-21-36-22-33(39)38(32)29-11-13-30(14-12-29)43-18-5-17-42-24-26-6-3-2-4-7-26/h2-4,6-8,11-15,20,28,32,36H,5,9-10,16-19,21-24H2,1H3/t32-/m1/s1. The second kappa shape index (κ2) is 15.3. The van der Waals surface area contributed by atoms with E-state index in [4.69, 9.17) is 25.8 Å². The Morgan fingerprint density at radius 1 is 1.00 bits per heavy atom. The number of amides is 2. The van der Waals surface area contributed by atoms with Crippen molar-refractivity contribution in [3.05, 3.63) is 94.5 Å². The summed E-state index contributed by atoms with van der Waals surface area (Å²) < 4.78 is 16.9. The van der Waals surface area contributed by atoms with Gasteiger partial charge in [-0.15, -0.1) is 0 Å². The van der Waals surface area contributed by atoms with E-state index in [2.05, 4.69) is 11.4 Å². The Morgan fingerprint density at radius 2 is 1.79 bits per heavy atom. The second-order valence-electron chi connectivity index (χ2n) is 11.0. The first-order chi connectivity index (χ1) is 21.0. The summed E-state index contributed by atoms with van der Waals surface area (Å²) in [6.45, 7) is 3.30. The lowest BCUT2D eigenvalue weighted by molar-refractivity contribution is -0.136. The molecule has 0 bridgehead atoms. The quantitative estimate of drug-likeness (QED) is 0.245. The Bertz CT molecular complexity index is 1350. The van der Waals surface area contributed by atoms with Crippen LogP contribution in [0.5, 0.6) is 5.75 Å². The predicted molar refractivity (Wildman–Crippen MR) is 167 cm³/mol. The van der Waals surface area contributed by atoms with Gasteiger partial charge in [0.05, 0.1) is 33.0 Å². The molecule has 0 unspecified atom stereocenters. The van der Waals surface area contributed by atoms with Crippen LogP contribution in [0.4, 0.5) is 5.69 Å². The molecule has 3 aromatic rings. The summed E-state index contributed by atoms with van der Waals surface area (Å²) in [6, 6.07) is 22.9. The average molecular weight is 606 g/mol. The molecular weight excluding hydrogens is 566 g/mol. The minimum absolute atomic E-state index is 0.0720. The van der Waals surface area contributed by atoms with Crippen molar-refractivity contribution >= 4 is 29.1 Å². The first kappa shape index (κ1) is 31.0. The molecule has 8 nitrogen and oxygen atoms in total. The average Bonchev–Trinajstić information content (AvgIpc) is 3.88. The van der Waals surface area contributed by atoms with Crippen molar-refractivity contribution in [3.8, 4) is 5.75 Å². The highest BCUT2D eigenvalue weighted by Gasteiger charge is 2.41. The van der Waals surface area contributed by atoms with Gasteiger partial charge in [-0.25, -0.2) is 0 Å². The van der Waals surface area contributed by atoms with Gasteiger partial charge in [-0.2, -0.15) is 0 Å². The van der Waals surface area contributed by atoms with Gasteiger partial charge in [0.2, 0.25) is 11.8 Å². The molecule has 1 saturated carbocycles. The van der Waals surface area contributed by atoms with Gasteiger partial charge in [-0.05, 0) is 66.3 Å². The lowest BCUT2D eigenvalue weighted by Gasteiger charge is -2.38. The summed E-state index contributed by atoms with van der Waals surface area (Å²) >= 11 is 6.57. The van der Waals surface area contributed by atoms with Crippen LogP contribution < -0.4 is 15.0 Å². The summed E-state index contributed by atoms with van der Waals surface area (Å²) in [4.78, 5) is 30.7. The van der Waals surface area contributed by atoms with E-state index in [1.54, 1.807) is 12.0 Å². The summed E-state index contributed by atoms with van der Waals surface area (Å²) in [7, 11) is 1.68. The normalized spacial score (nSPS) is 16.7. The van der Waals surface area contributed by atoms with Crippen molar-refractivity contribution in [3.63, 3.8) is 0 Å². The lowest BCUT2D eigenvalue weighted by atomic mass is 10.1. The van der Waals surface area contributed by atoms with Gasteiger partial charge >= 0.3 is 0 Å². The SMILES string of the molecule is COCCc1ccc(Cl)c(CN(C(=O)[C@H]2CNCC(=O)N2c2ccc(OCCCOCc3ccccc3)cc2)C2CC2)c1. The molecule has 1 aliphatic heterocycles. The largest absolute Gasteiger partial charge is 0.494 e. The maximum Gasteiger partial charge on any atom is 0.247 e. The van der Waals surface area contributed by atoms with Crippen LogP contribution in [0.15, 0.2) is 72.8 Å². The number of halogens is 1. The van der Waals surface area contributed by atoms with Crippen molar-refractivity contribution in [1.82, 2.24) is 10.2 Å². The number of rotatable bonds is 15. The van der Waals surface area contributed by atoms with E-state index in [-0.39, 0.29) is 24.4 Å². The molecule has 5 rings (SSSR count). The molecule has 1 saturated heterocycles. The first-order valence-corrected chi connectivity index (χ1v) is 15.4. The van der Waals surface area contributed by atoms with E-state index in [0.717, 1.165) is 42.4 Å². The van der Waals surface area contributed by atoms with Gasteiger partial charge in [0, 0.05) is 43.4 Å². The number of methoxy groups -OCH3 is 1. The predicted octanol–water partition coefficient (Wildman–Crippen LogP) is 5.01. The Labute approximate surface area is 258 Å². The van der Waals surface area contributed by atoms with E-state index < -0.39 is 6.04 Å². The number of carbonyl (C=O) groups excluding carboxylic acids is 2. The molecule has 228 valence electrons. The van der Waals surface area contributed by atoms with Gasteiger partial charge in [-0.3, -0.25) is 14.5 Å². The van der Waals surface area contributed by atoms with E-state index in [0.29, 0.717) is 56.0 Å². The molecule has 0 spiro atoms. The maximum atomic E-state index is 14.1. The number of piperazine rings is 1. The van der Waals surface area contributed by atoms with Crippen molar-refractivity contribution < 1.29 is 23.8 Å². The molecule has 0 aromatic heterocycles. The minimum atomic E-state index is -0.647. The highest BCUT2D eigenvalue weighted by molar-refractivity contribution is 6.31. The van der Waals surface area contributed by atoms with Crippen LogP contribution in [0.2, 0.25) is 5.02 Å². The molecule has 2 fully saturated rings. The topological polar surface area (TPSA) is 80.3 Å². The van der Waals surface area contributed by atoms with Crippen molar-refractivity contribution in [1.29, 1.82) is 0 Å². The Kier molecular flexibility index (Phi) is 11.1. The molecule has 0 radical (unpaired) electrons. The van der Waals surface area contributed by atoms with E-state index in [1.165, 1.54) is 0 Å². The molecule has 1 atom stereocenters. The smallest absolute Gasteiger partial charge is 0.247 e. The zero-order chi connectivity index (χ0) is 30.0. The molecule has 2 aliphatic rings. The van der Waals surface area contributed by atoms with Crippen molar-refractivity contribution in [2.45, 2.75) is 50.9 Å². The van der Waals surface area contributed by atoms with Crippen LogP contribution in [0.1, 0.15) is 36.0 Å². The third-order valence-electron chi connectivity index (χ3n) is 7.72. The summed E-state index contributed by atoms with van der Waals surface area (Å²) in [5.41, 5.74) is 3.85. The molecule has 3 aromatic carbocycles. The zero-order valence-corrected chi connectivity index (χ0v) is 25.4. The summed E-state index contributed by atoms with van der Waals surface area (Å²) in [5, 5.41) is 3.77. The molecule has 1 heterocycles. The van der Waals surface area contributed by atoms with E-state index >= 15 is 0 Å². The fourth-order valence-electron chi connectivity index (χ4n) is 5.28. The number of hydrogen-bond acceptors (Lipinski definition) is 6. The van der Waals surface area contributed by atoms with Crippen LogP contribution in [0, 0.1) is 0 Å². The van der Waals surface area contributed by atoms with Crippen LogP contribution in [0.3, 0.4) is 0 Å². The van der Waals surface area contributed by atoms with Crippen LogP contribution >= 0.6 is 11.6 Å². The Morgan fingerprint density at radius 3 is 2.53 bits per heavy atom. The second-order valence-corrected chi connectivity index (χ2v) is 11.4. The number of ether oxygens (including phenoxy) is 3. The molecule has 2 amide bonds. The number of nitrogens with one attached hydrogen (secondary N) is 1. The van der Waals surface area contributed by atoms with Gasteiger partial charge in [0.25, 0.3) is 0 Å². The molecule has 1 N–H and O–H groups in total. The zero-order valence-electron chi connectivity index (χ0n) is 24.7. The minimum Gasteiger partial charge on any atom is -0.494 e. The molecule has 9 heteroatoms. The third-order valence-corrected chi connectivity index (χ3v) is 8.09. The van der Waals surface area contributed by atoms with E-state index in [1.807, 2.05) is 71.6 Å². The van der Waals surface area contributed by atoms with Crippen LogP contribution in [-0.4, -0.2) is 68.8 Å². The monoisotopic (exact) mass is 605 g/mol. The van der Waals surface area contributed by atoms with Crippen molar-refractivity contribution in [2.24, 2.45) is 0 Å². The maximum absolute atomic E-state index is 14.1. The van der Waals surface area contributed by atoms with E-state index in [9.17, 15) is 9.59 Å². The number of anilines is 1. The Balaban J connectivity index is 1.20. The number of benzene rings is 3. The van der Waals surface area contributed by atoms with Gasteiger partial charge < -0.3 is 24.4 Å². The Hall–Kier alpha value is -3.43. The number of carbonyl (C=O) groups is 2. The number of hydrogen-bond donors (Lipinski definition) is 1. The lowest BCUT2D eigenvalue weighted by Crippen LogP contribution is -2.61. The highest BCUT2D eigenvalue weighted by atomic mass is 35.5. The highest BCUT2D eigenvalue weighted by Crippen LogP contribution is 2.33. The third kappa shape index (κ3) is 8.57. The summed E-state index contributed by atoms with van der Waals surface area (Å²) in [5.74, 6) is 0.501. The molecular formula is C34H40ClN3O5. The summed E-state index contributed by atoms with van der Waals surface area (Å²) in [6.07, 6.45) is 3.43. The fraction of sp³-hybridized carbons (Fsp3) is 0.412. The molecule has 43 heavy (non-hydrogen) atoms. The van der Waals surface area contributed by atoms with Gasteiger partial charge in [-0.1, -0.05) is 54.1 Å². The van der Waals surface area contributed by atoms with Gasteiger partial charge in [0.1, 0.15) is 11.8 Å². The van der Waals surface area contributed by atoms with Gasteiger partial charge in [0.15, 0.2) is 0 Å². The van der Waals surface area contributed by atoms with Crippen LogP contribution in [-0.2, 0) is 38.6 Å².